The summed E-state index contributed by atoms with van der Waals surface area (Å²) in [6, 6.07) is 0. The van der Waals surface area contributed by atoms with Gasteiger partial charge in [-0.2, -0.15) is 0 Å². The molecular formula is C10H12BrClN2O2. The van der Waals surface area contributed by atoms with Gasteiger partial charge in [0.15, 0.2) is 0 Å². The second-order valence-corrected chi connectivity index (χ2v) is 4.78. The topological polar surface area (TPSA) is 55.1 Å². The maximum absolute atomic E-state index is 11.4. The normalized spacial score (nSPS) is 10.2. The molecule has 0 aliphatic carbocycles. The number of amides is 1. The van der Waals surface area contributed by atoms with Crippen molar-refractivity contribution in [2.24, 2.45) is 0 Å². The first kappa shape index (κ1) is 13.3. The van der Waals surface area contributed by atoms with E-state index < -0.39 is 0 Å². The van der Waals surface area contributed by atoms with Gasteiger partial charge in [0.25, 0.3) is 0 Å². The molecular weight excluding hydrogens is 295 g/mol. The van der Waals surface area contributed by atoms with Crippen LogP contribution < -0.4 is 5.32 Å². The summed E-state index contributed by atoms with van der Waals surface area (Å²) in [6.07, 6.45) is 0.872. The quantitative estimate of drug-likeness (QED) is 0.909. The Morgan fingerprint density at radius 1 is 1.69 bits per heavy atom. The van der Waals surface area contributed by atoms with Crippen LogP contribution in [0.15, 0.2) is 15.6 Å². The zero-order chi connectivity index (χ0) is 12.1. The molecule has 88 valence electrons. The molecule has 0 atom stereocenters. The summed E-state index contributed by atoms with van der Waals surface area (Å²) >= 11 is 8.93. The Hall–Kier alpha value is -0.810. The smallest absolute Gasteiger partial charge is 0.229 e. The molecule has 4 nitrogen and oxygen atoms in total. The number of nitrogens with one attached hydrogen (secondary N) is 1. The van der Waals surface area contributed by atoms with Gasteiger partial charge in [-0.1, -0.05) is 27.7 Å². The van der Waals surface area contributed by atoms with Gasteiger partial charge in [-0.3, -0.25) is 4.79 Å². The highest BCUT2D eigenvalue weighted by atomic mass is 79.9. The third kappa shape index (κ3) is 3.98. The van der Waals surface area contributed by atoms with E-state index in [-0.39, 0.29) is 11.1 Å². The maximum Gasteiger partial charge on any atom is 0.229 e. The summed E-state index contributed by atoms with van der Waals surface area (Å²) in [5, 5.41) is 6.67. The first-order valence-corrected chi connectivity index (χ1v) is 5.88. The van der Waals surface area contributed by atoms with Gasteiger partial charge in [0, 0.05) is 23.0 Å². The second-order valence-electron chi connectivity index (χ2n) is 3.31. The Balaban J connectivity index is 2.40. The van der Waals surface area contributed by atoms with Gasteiger partial charge in [-0.25, -0.2) is 0 Å². The number of carbonyl (C=O) groups excluding carboxylic acids is 1. The van der Waals surface area contributed by atoms with Gasteiger partial charge < -0.3 is 9.84 Å². The van der Waals surface area contributed by atoms with Gasteiger partial charge in [0.05, 0.1) is 5.69 Å². The van der Waals surface area contributed by atoms with E-state index in [4.69, 9.17) is 16.1 Å². The molecule has 0 bridgehead atoms. The number of hydrogen-bond donors (Lipinski definition) is 1. The average molecular weight is 308 g/mol. The van der Waals surface area contributed by atoms with Crippen LogP contribution in [0, 0.1) is 6.92 Å². The Morgan fingerprint density at radius 3 is 2.88 bits per heavy atom. The Labute approximate surface area is 107 Å². The van der Waals surface area contributed by atoms with E-state index in [1.54, 1.807) is 6.92 Å². The lowest BCUT2D eigenvalue weighted by molar-refractivity contribution is -0.120. The molecule has 1 rings (SSSR count). The number of hydrogen-bond acceptors (Lipinski definition) is 3. The fourth-order valence-corrected chi connectivity index (χ4v) is 1.57. The molecule has 0 aromatic carbocycles. The number of aromatic nitrogens is 1. The SMILES string of the molecule is C=C(Br)CNC(=O)CCc1c(C)noc1Cl. The van der Waals surface area contributed by atoms with E-state index >= 15 is 0 Å². The largest absolute Gasteiger partial charge is 0.352 e. The second kappa shape index (κ2) is 6.06. The lowest BCUT2D eigenvalue weighted by Gasteiger charge is -2.03. The summed E-state index contributed by atoms with van der Waals surface area (Å²) in [5.74, 6) is -0.0581. The fourth-order valence-electron chi connectivity index (χ4n) is 1.16. The minimum Gasteiger partial charge on any atom is -0.352 e. The van der Waals surface area contributed by atoms with Crippen molar-refractivity contribution in [2.75, 3.05) is 6.54 Å². The molecule has 0 aliphatic heterocycles. The van der Waals surface area contributed by atoms with Crippen LogP contribution in [0.3, 0.4) is 0 Å². The molecule has 0 radical (unpaired) electrons. The van der Waals surface area contributed by atoms with Crippen LogP contribution in [-0.4, -0.2) is 17.6 Å². The van der Waals surface area contributed by atoms with Crippen molar-refractivity contribution in [1.29, 1.82) is 0 Å². The van der Waals surface area contributed by atoms with Gasteiger partial charge in [0.1, 0.15) is 0 Å². The van der Waals surface area contributed by atoms with Gasteiger partial charge in [0.2, 0.25) is 11.1 Å². The number of rotatable bonds is 5. The maximum atomic E-state index is 11.4. The van der Waals surface area contributed by atoms with Crippen LogP contribution in [0.2, 0.25) is 5.22 Å². The number of carbonyl (C=O) groups is 1. The molecule has 0 spiro atoms. The highest BCUT2D eigenvalue weighted by Crippen LogP contribution is 2.20. The third-order valence-corrected chi connectivity index (χ3v) is 2.59. The van der Waals surface area contributed by atoms with Crippen molar-refractivity contribution >= 4 is 33.4 Å². The summed E-state index contributed by atoms with van der Waals surface area (Å²) in [5.41, 5.74) is 1.51. The van der Waals surface area contributed by atoms with Crippen LogP contribution in [0.5, 0.6) is 0 Å². The molecule has 0 unspecified atom stereocenters. The molecule has 0 saturated carbocycles. The lowest BCUT2D eigenvalue weighted by atomic mass is 10.1. The van der Waals surface area contributed by atoms with Crippen LogP contribution in [0.1, 0.15) is 17.7 Å². The number of halogens is 2. The van der Waals surface area contributed by atoms with Crippen molar-refractivity contribution in [3.8, 4) is 0 Å². The highest BCUT2D eigenvalue weighted by molar-refractivity contribution is 9.11. The number of aryl methyl sites for hydroxylation is 1. The van der Waals surface area contributed by atoms with Crippen molar-refractivity contribution in [3.63, 3.8) is 0 Å². The predicted molar refractivity (Wildman–Crippen MR) is 65.6 cm³/mol. The van der Waals surface area contributed by atoms with E-state index in [1.807, 2.05) is 0 Å². The minimum atomic E-state index is -0.0581. The molecule has 6 heteroatoms. The van der Waals surface area contributed by atoms with Crippen molar-refractivity contribution in [3.05, 3.63) is 27.5 Å². The molecule has 1 heterocycles. The zero-order valence-electron chi connectivity index (χ0n) is 8.85. The molecule has 16 heavy (non-hydrogen) atoms. The van der Waals surface area contributed by atoms with E-state index in [9.17, 15) is 4.79 Å². The predicted octanol–water partition coefficient (Wildman–Crippen LogP) is 2.59. The van der Waals surface area contributed by atoms with Crippen molar-refractivity contribution < 1.29 is 9.32 Å². The van der Waals surface area contributed by atoms with Gasteiger partial charge in [-0.15, -0.1) is 0 Å². The molecule has 1 N–H and O–H groups in total. The van der Waals surface area contributed by atoms with E-state index in [0.29, 0.717) is 19.4 Å². The van der Waals surface area contributed by atoms with Crippen LogP contribution in [-0.2, 0) is 11.2 Å². The minimum absolute atomic E-state index is 0.0581. The first-order chi connectivity index (χ1) is 7.50. The fraction of sp³-hybridized carbons (Fsp3) is 0.400. The molecule has 0 fully saturated rings. The van der Waals surface area contributed by atoms with Crippen molar-refractivity contribution in [2.45, 2.75) is 19.8 Å². The summed E-state index contributed by atoms with van der Waals surface area (Å²) < 4.78 is 5.52. The molecule has 0 saturated heterocycles. The Bertz CT molecular complexity index is 384. The zero-order valence-corrected chi connectivity index (χ0v) is 11.2. The summed E-state index contributed by atoms with van der Waals surface area (Å²) in [6.45, 7) is 5.84. The molecule has 1 amide bonds. The Morgan fingerprint density at radius 2 is 2.38 bits per heavy atom. The monoisotopic (exact) mass is 306 g/mol. The van der Waals surface area contributed by atoms with Gasteiger partial charge in [-0.05, 0) is 24.9 Å². The van der Waals surface area contributed by atoms with Crippen LogP contribution in [0.4, 0.5) is 0 Å². The van der Waals surface area contributed by atoms with Gasteiger partial charge >= 0.3 is 0 Å². The summed E-state index contributed by atoms with van der Waals surface area (Å²) in [4.78, 5) is 11.4. The Kier molecular flexibility index (Phi) is 5.02. The lowest BCUT2D eigenvalue weighted by Crippen LogP contribution is -2.24. The van der Waals surface area contributed by atoms with Crippen LogP contribution >= 0.6 is 27.5 Å². The molecule has 1 aromatic heterocycles. The average Bonchev–Trinajstić information content (AvgIpc) is 2.53. The number of nitrogens with zero attached hydrogens (tertiary/aromatic N) is 1. The van der Waals surface area contributed by atoms with E-state index in [2.05, 4.69) is 33.0 Å². The highest BCUT2D eigenvalue weighted by Gasteiger charge is 2.12. The first-order valence-electron chi connectivity index (χ1n) is 4.71. The molecule has 0 aliphatic rings. The molecule has 1 aromatic rings. The van der Waals surface area contributed by atoms with Crippen LogP contribution in [0.25, 0.3) is 0 Å². The van der Waals surface area contributed by atoms with Crippen molar-refractivity contribution in [1.82, 2.24) is 10.5 Å². The third-order valence-electron chi connectivity index (χ3n) is 2.02. The van der Waals surface area contributed by atoms with E-state index in [0.717, 1.165) is 15.7 Å². The standard InChI is InChI=1S/C10H12BrClN2O2/c1-6(11)5-13-9(15)4-3-8-7(2)14-16-10(8)12/h1,3-5H2,2H3,(H,13,15). The summed E-state index contributed by atoms with van der Waals surface area (Å²) in [7, 11) is 0. The van der Waals surface area contributed by atoms with E-state index in [1.165, 1.54) is 0 Å².